The fourth-order valence-electron chi connectivity index (χ4n) is 8.28. The third-order valence-electron chi connectivity index (χ3n) is 12.2. The summed E-state index contributed by atoms with van der Waals surface area (Å²) < 4.78 is 0. The second kappa shape index (κ2) is 46.0. The summed E-state index contributed by atoms with van der Waals surface area (Å²) in [4.78, 5) is 12.5. The number of carbonyl (C=O) groups excluding carboxylic acids is 1. The number of rotatable bonds is 47. The lowest BCUT2D eigenvalue weighted by molar-refractivity contribution is -0.124. The van der Waals surface area contributed by atoms with Crippen LogP contribution in [0.1, 0.15) is 290 Å². The van der Waals surface area contributed by atoms with Crippen LogP contribution in [0.25, 0.3) is 0 Å². The Hall–Kier alpha value is -0.650. The van der Waals surface area contributed by atoms with E-state index in [1.165, 1.54) is 231 Å². The largest absolute Gasteiger partial charge is 0.394 e. The van der Waals surface area contributed by atoms with Crippen LogP contribution in [0.15, 0.2) is 0 Å². The quantitative estimate of drug-likeness (QED) is 0.0463. The SMILES string of the molecule is CCCCCCCCCCCCCCCCCCCCCCCCC(O)C(O)C(CO)NC(=O)CCCCCCCCCCCCCCCCCCCCC. The predicted octanol–water partition coefficient (Wildman–Crippen LogP) is 15.0. The summed E-state index contributed by atoms with van der Waals surface area (Å²) in [5.41, 5.74) is 0. The molecular weight excluding hydrogens is 679 g/mol. The van der Waals surface area contributed by atoms with Gasteiger partial charge in [0.25, 0.3) is 0 Å². The number of amides is 1. The standard InChI is InChI=1S/C50H101NO4/c1-3-5-7-9-11-13-15-17-19-21-23-24-25-27-28-30-32-34-36-38-40-42-44-48(53)50(55)47(46-52)51-49(54)45-43-41-39-37-35-33-31-29-26-22-20-18-16-14-12-10-8-6-4-2/h47-48,50,52-53,55H,3-46H2,1-2H3,(H,51,54). The molecule has 3 atom stereocenters. The lowest BCUT2D eigenvalue weighted by atomic mass is 9.99. The number of carbonyl (C=O) groups is 1. The number of hydrogen-bond acceptors (Lipinski definition) is 4. The molecule has 0 aliphatic carbocycles. The number of nitrogens with one attached hydrogen (secondary N) is 1. The summed E-state index contributed by atoms with van der Waals surface area (Å²) in [5.74, 6) is -0.137. The van der Waals surface area contributed by atoms with Crippen LogP contribution in [0.5, 0.6) is 0 Å². The summed E-state index contributed by atoms with van der Waals surface area (Å²) in [6.07, 6.45) is 53.7. The molecule has 0 spiro atoms. The molecule has 0 radical (unpaired) electrons. The highest BCUT2D eigenvalue weighted by atomic mass is 16.3. The highest BCUT2D eigenvalue weighted by molar-refractivity contribution is 5.76. The Balaban J connectivity index is 3.53. The second-order valence-corrected chi connectivity index (χ2v) is 17.7. The third-order valence-corrected chi connectivity index (χ3v) is 12.2. The van der Waals surface area contributed by atoms with Gasteiger partial charge in [-0.2, -0.15) is 0 Å². The average molecular weight is 780 g/mol. The van der Waals surface area contributed by atoms with Crippen molar-refractivity contribution in [2.75, 3.05) is 6.61 Å². The van der Waals surface area contributed by atoms with Gasteiger partial charge in [-0.3, -0.25) is 4.79 Å². The van der Waals surface area contributed by atoms with Gasteiger partial charge in [0.1, 0.15) is 6.10 Å². The first-order chi connectivity index (χ1) is 27.1. The lowest BCUT2D eigenvalue weighted by Crippen LogP contribution is -2.50. The number of aliphatic hydroxyl groups excluding tert-OH is 3. The van der Waals surface area contributed by atoms with E-state index in [-0.39, 0.29) is 12.5 Å². The smallest absolute Gasteiger partial charge is 0.220 e. The highest BCUT2D eigenvalue weighted by Crippen LogP contribution is 2.18. The van der Waals surface area contributed by atoms with E-state index in [9.17, 15) is 20.1 Å². The van der Waals surface area contributed by atoms with Crippen molar-refractivity contribution in [1.29, 1.82) is 0 Å². The number of unbranched alkanes of at least 4 members (excludes halogenated alkanes) is 39. The van der Waals surface area contributed by atoms with Crippen LogP contribution in [0, 0.1) is 0 Å². The zero-order valence-corrected chi connectivity index (χ0v) is 37.6. The molecule has 330 valence electrons. The molecular formula is C50H101NO4. The maximum Gasteiger partial charge on any atom is 0.220 e. The van der Waals surface area contributed by atoms with Gasteiger partial charge in [0.05, 0.1) is 18.8 Å². The van der Waals surface area contributed by atoms with Crippen LogP contribution in [-0.4, -0.2) is 46.1 Å². The van der Waals surface area contributed by atoms with Crippen molar-refractivity contribution in [1.82, 2.24) is 5.32 Å². The van der Waals surface area contributed by atoms with Crippen LogP contribution in [0.4, 0.5) is 0 Å². The first-order valence-electron chi connectivity index (χ1n) is 25.3. The summed E-state index contributed by atoms with van der Waals surface area (Å²) >= 11 is 0. The van der Waals surface area contributed by atoms with Crippen molar-refractivity contribution in [3.63, 3.8) is 0 Å². The maximum atomic E-state index is 12.5. The Kier molecular flexibility index (Phi) is 45.5. The first kappa shape index (κ1) is 54.3. The Morgan fingerprint density at radius 2 is 0.618 bits per heavy atom. The fraction of sp³-hybridized carbons (Fsp3) is 0.980. The van der Waals surface area contributed by atoms with E-state index in [1.807, 2.05) is 0 Å². The van der Waals surface area contributed by atoms with E-state index in [0.29, 0.717) is 12.8 Å². The summed E-state index contributed by atoms with van der Waals surface area (Å²) in [6, 6.07) is -0.803. The minimum atomic E-state index is -1.13. The molecule has 0 aromatic carbocycles. The van der Waals surface area contributed by atoms with Crippen LogP contribution in [-0.2, 0) is 4.79 Å². The zero-order chi connectivity index (χ0) is 40.1. The lowest BCUT2D eigenvalue weighted by Gasteiger charge is -2.26. The molecule has 3 unspecified atom stereocenters. The molecule has 55 heavy (non-hydrogen) atoms. The third kappa shape index (κ3) is 41.3. The monoisotopic (exact) mass is 780 g/mol. The summed E-state index contributed by atoms with van der Waals surface area (Å²) in [6.45, 7) is 4.22. The van der Waals surface area contributed by atoms with E-state index in [1.54, 1.807) is 0 Å². The van der Waals surface area contributed by atoms with Crippen LogP contribution >= 0.6 is 0 Å². The summed E-state index contributed by atoms with van der Waals surface area (Å²) in [7, 11) is 0. The Labute approximate surface area is 345 Å². The molecule has 1 amide bonds. The average Bonchev–Trinajstić information content (AvgIpc) is 3.19. The minimum absolute atomic E-state index is 0.137. The fourth-order valence-corrected chi connectivity index (χ4v) is 8.28. The Morgan fingerprint density at radius 1 is 0.382 bits per heavy atom. The van der Waals surface area contributed by atoms with E-state index >= 15 is 0 Å². The molecule has 0 rings (SSSR count). The molecule has 0 bridgehead atoms. The predicted molar refractivity (Wildman–Crippen MR) is 241 cm³/mol. The van der Waals surface area contributed by atoms with Gasteiger partial charge in [0, 0.05) is 6.42 Å². The van der Waals surface area contributed by atoms with Crippen molar-refractivity contribution < 1.29 is 20.1 Å². The van der Waals surface area contributed by atoms with Gasteiger partial charge in [-0.15, -0.1) is 0 Å². The maximum absolute atomic E-state index is 12.5. The van der Waals surface area contributed by atoms with Gasteiger partial charge >= 0.3 is 0 Å². The topological polar surface area (TPSA) is 89.8 Å². The van der Waals surface area contributed by atoms with E-state index in [0.717, 1.165) is 32.1 Å². The van der Waals surface area contributed by atoms with Crippen molar-refractivity contribution in [2.24, 2.45) is 0 Å². The second-order valence-electron chi connectivity index (χ2n) is 17.7. The normalized spacial score (nSPS) is 13.3. The van der Waals surface area contributed by atoms with Crippen molar-refractivity contribution in [2.45, 2.75) is 308 Å². The highest BCUT2D eigenvalue weighted by Gasteiger charge is 2.26. The molecule has 5 heteroatoms. The molecule has 0 saturated carbocycles. The zero-order valence-electron chi connectivity index (χ0n) is 37.6. The number of aliphatic hydroxyl groups is 3. The Morgan fingerprint density at radius 3 is 0.873 bits per heavy atom. The van der Waals surface area contributed by atoms with Crippen molar-refractivity contribution >= 4 is 5.91 Å². The molecule has 0 saturated heterocycles. The molecule has 4 N–H and O–H groups in total. The van der Waals surface area contributed by atoms with Gasteiger partial charge in [-0.1, -0.05) is 271 Å². The van der Waals surface area contributed by atoms with Gasteiger partial charge in [-0.05, 0) is 12.8 Å². The molecule has 5 nitrogen and oxygen atoms in total. The number of hydrogen-bond donors (Lipinski definition) is 4. The molecule has 0 aliphatic heterocycles. The van der Waals surface area contributed by atoms with E-state index in [4.69, 9.17) is 0 Å². The van der Waals surface area contributed by atoms with E-state index < -0.39 is 18.2 Å². The Bertz CT molecular complexity index is 733. The molecule has 0 aliphatic rings. The van der Waals surface area contributed by atoms with Gasteiger partial charge in [0.15, 0.2) is 0 Å². The molecule has 0 fully saturated rings. The van der Waals surface area contributed by atoms with E-state index in [2.05, 4.69) is 19.2 Å². The molecule has 0 aromatic heterocycles. The summed E-state index contributed by atoms with van der Waals surface area (Å²) in [5, 5.41) is 33.7. The van der Waals surface area contributed by atoms with Gasteiger partial charge < -0.3 is 20.6 Å². The van der Waals surface area contributed by atoms with Crippen molar-refractivity contribution in [3.05, 3.63) is 0 Å². The van der Waals surface area contributed by atoms with Crippen molar-refractivity contribution in [3.8, 4) is 0 Å². The van der Waals surface area contributed by atoms with Crippen LogP contribution < -0.4 is 5.32 Å². The minimum Gasteiger partial charge on any atom is -0.394 e. The van der Waals surface area contributed by atoms with Gasteiger partial charge in [0.2, 0.25) is 5.91 Å². The molecule has 0 aromatic rings. The van der Waals surface area contributed by atoms with Crippen LogP contribution in [0.3, 0.4) is 0 Å². The first-order valence-corrected chi connectivity index (χ1v) is 25.3. The molecule has 0 heterocycles. The van der Waals surface area contributed by atoms with Gasteiger partial charge in [-0.25, -0.2) is 0 Å². The van der Waals surface area contributed by atoms with Crippen LogP contribution in [0.2, 0.25) is 0 Å².